The van der Waals surface area contributed by atoms with Crippen molar-refractivity contribution in [3.8, 4) is 0 Å². The molecule has 0 aliphatic heterocycles. The van der Waals surface area contributed by atoms with Gasteiger partial charge in [-0.05, 0) is 94.8 Å². The number of nitrogens with zero attached hydrogens (tertiary/aromatic N) is 6. The second kappa shape index (κ2) is 10.3. The number of carbonyl (C=O) groups excluding carboxylic acids is 1. The molecule has 5 aromatic rings. The number of fused-ring (bicyclic) bond motifs is 2. The molecule has 0 spiro atoms. The minimum absolute atomic E-state index is 0.121. The Labute approximate surface area is 232 Å². The third-order valence-corrected chi connectivity index (χ3v) is 7.49. The lowest BCUT2D eigenvalue weighted by atomic mass is 10.1. The van der Waals surface area contributed by atoms with Crippen LogP contribution in [0.2, 0.25) is 0 Å². The number of nitrogens with one attached hydrogen (secondary N) is 2. The molecular formula is C29H27F3N8O. The van der Waals surface area contributed by atoms with Crippen LogP contribution in [0.25, 0.3) is 11.0 Å². The van der Waals surface area contributed by atoms with E-state index in [4.69, 9.17) is 4.99 Å². The van der Waals surface area contributed by atoms with Gasteiger partial charge in [0.25, 0.3) is 5.91 Å². The smallest absolute Gasteiger partial charge is 0.313 e. The largest absolute Gasteiger partial charge is 0.416 e. The number of aryl methyl sites for hydroxylation is 4. The zero-order chi connectivity index (χ0) is 28.7. The topological polar surface area (TPSA) is 106 Å². The van der Waals surface area contributed by atoms with E-state index in [1.54, 1.807) is 24.3 Å². The summed E-state index contributed by atoms with van der Waals surface area (Å²) in [5.41, 5.74) is 6.09. The van der Waals surface area contributed by atoms with Gasteiger partial charge in [-0.25, -0.2) is 10.1 Å². The molecule has 0 radical (unpaired) electrons. The molecule has 1 aliphatic rings. The number of carbonyl (C=O) groups is 1. The van der Waals surface area contributed by atoms with Gasteiger partial charge in [-0.2, -0.15) is 13.2 Å². The minimum Gasteiger partial charge on any atom is -0.313 e. The first-order chi connectivity index (χ1) is 19.7. The van der Waals surface area contributed by atoms with E-state index in [0.29, 0.717) is 34.2 Å². The van der Waals surface area contributed by atoms with Crippen LogP contribution in [0.3, 0.4) is 0 Å². The highest BCUT2D eigenvalue weighted by Crippen LogP contribution is 2.34. The number of benzene rings is 3. The quantitative estimate of drug-likeness (QED) is 0.302. The summed E-state index contributed by atoms with van der Waals surface area (Å²) in [5.74, 6) is -0.280. The number of amides is 1. The number of hydrogen-bond donors (Lipinski definition) is 2. The third-order valence-electron chi connectivity index (χ3n) is 7.49. The summed E-state index contributed by atoms with van der Waals surface area (Å²) in [7, 11) is 1.84. The fourth-order valence-electron chi connectivity index (χ4n) is 5.46. The van der Waals surface area contributed by atoms with E-state index >= 15 is 0 Å². The number of anilines is 1. The molecule has 12 heteroatoms. The molecule has 2 aromatic heterocycles. The molecule has 1 amide bonds. The summed E-state index contributed by atoms with van der Waals surface area (Å²) in [5, 5.41) is 15.5. The van der Waals surface area contributed by atoms with E-state index in [9.17, 15) is 18.0 Å². The Morgan fingerprint density at radius 3 is 2.56 bits per heavy atom. The van der Waals surface area contributed by atoms with E-state index in [-0.39, 0.29) is 12.5 Å². The first kappa shape index (κ1) is 26.5. The highest BCUT2D eigenvalue weighted by atomic mass is 19.4. The number of alkyl halides is 3. The number of rotatable bonds is 6. The zero-order valence-electron chi connectivity index (χ0n) is 22.5. The molecule has 2 heterocycles. The predicted octanol–water partition coefficient (Wildman–Crippen LogP) is 5.10. The Morgan fingerprint density at radius 1 is 1.07 bits per heavy atom. The van der Waals surface area contributed by atoms with Gasteiger partial charge < -0.3 is 9.13 Å². The molecule has 41 heavy (non-hydrogen) atoms. The average molecular weight is 561 g/mol. The lowest BCUT2D eigenvalue weighted by Gasteiger charge is -2.12. The predicted molar refractivity (Wildman–Crippen MR) is 147 cm³/mol. The highest BCUT2D eigenvalue weighted by molar-refractivity contribution is 6.03. The van der Waals surface area contributed by atoms with E-state index in [1.807, 2.05) is 29.2 Å². The molecule has 2 N–H and O–H groups in total. The Hall–Kier alpha value is -4.74. The van der Waals surface area contributed by atoms with E-state index in [0.717, 1.165) is 30.5 Å². The molecule has 0 saturated carbocycles. The lowest BCUT2D eigenvalue weighted by molar-refractivity contribution is -0.137. The van der Waals surface area contributed by atoms with Gasteiger partial charge >= 0.3 is 6.18 Å². The lowest BCUT2D eigenvalue weighted by Crippen LogP contribution is -2.24. The Kier molecular flexibility index (Phi) is 6.68. The van der Waals surface area contributed by atoms with Gasteiger partial charge in [0, 0.05) is 12.6 Å². The molecule has 1 aliphatic carbocycles. The molecule has 210 valence electrons. The maximum atomic E-state index is 13.9. The summed E-state index contributed by atoms with van der Waals surface area (Å²) >= 11 is 0. The average Bonchev–Trinajstić information content (AvgIpc) is 3.70. The van der Waals surface area contributed by atoms with Gasteiger partial charge in [0.2, 0.25) is 11.6 Å². The summed E-state index contributed by atoms with van der Waals surface area (Å²) in [6, 6.07) is 15.4. The van der Waals surface area contributed by atoms with Crippen LogP contribution in [0, 0.1) is 0 Å². The van der Waals surface area contributed by atoms with Crippen LogP contribution in [-0.2, 0) is 39.0 Å². The van der Waals surface area contributed by atoms with Crippen molar-refractivity contribution >= 4 is 28.6 Å². The van der Waals surface area contributed by atoms with Crippen molar-refractivity contribution < 1.29 is 18.0 Å². The summed E-state index contributed by atoms with van der Waals surface area (Å²) in [6.07, 6.45) is -0.906. The van der Waals surface area contributed by atoms with Crippen LogP contribution >= 0.6 is 0 Å². The van der Waals surface area contributed by atoms with Gasteiger partial charge in [0.1, 0.15) is 0 Å². The van der Waals surface area contributed by atoms with Crippen molar-refractivity contribution in [1.29, 1.82) is 0 Å². The fraction of sp³-hybridized carbons (Fsp3) is 0.276. The van der Waals surface area contributed by atoms with Crippen molar-refractivity contribution in [2.24, 2.45) is 12.0 Å². The number of aromatic amines is 1. The maximum absolute atomic E-state index is 13.9. The molecule has 0 bridgehead atoms. The molecule has 3 aromatic carbocycles. The minimum atomic E-state index is -4.49. The summed E-state index contributed by atoms with van der Waals surface area (Å²) < 4.78 is 45.5. The first-order valence-electron chi connectivity index (χ1n) is 13.3. The number of aromatic nitrogens is 6. The summed E-state index contributed by atoms with van der Waals surface area (Å²) in [4.78, 5) is 17.5. The fourth-order valence-corrected chi connectivity index (χ4v) is 5.46. The number of H-pyrrole nitrogens is 1. The van der Waals surface area contributed by atoms with Gasteiger partial charge in [-0.1, -0.05) is 30.2 Å². The van der Waals surface area contributed by atoms with Crippen LogP contribution in [0.5, 0.6) is 0 Å². The van der Waals surface area contributed by atoms with Crippen LogP contribution in [0.1, 0.15) is 51.5 Å². The second-order valence-electron chi connectivity index (χ2n) is 10.1. The molecule has 6 rings (SSSR count). The van der Waals surface area contributed by atoms with Crippen molar-refractivity contribution in [2.75, 3.05) is 5.32 Å². The van der Waals surface area contributed by atoms with Crippen molar-refractivity contribution in [2.45, 2.75) is 45.3 Å². The standard InChI is InChI=1S/C29H27F3N8O/c1-3-18-13-22(29(30,31)32)15-24-25(18)39(2)28(33-23-12-11-19-5-4-6-21(19)14-23)40(24)16-17-7-9-20(10-8-17)26(41)34-27-35-37-38-36-27/h7-15H,3-6,16H2,1-2H3,(H2,34,35,36,37,38,41)/b33-28+. The normalized spacial score (nSPS) is 13.6. The number of halogens is 3. The molecule has 9 nitrogen and oxygen atoms in total. The van der Waals surface area contributed by atoms with Crippen molar-refractivity contribution in [3.05, 3.63) is 93.6 Å². The van der Waals surface area contributed by atoms with Crippen LogP contribution in [-0.4, -0.2) is 35.7 Å². The van der Waals surface area contributed by atoms with Crippen molar-refractivity contribution in [3.63, 3.8) is 0 Å². The van der Waals surface area contributed by atoms with E-state index < -0.39 is 17.6 Å². The monoisotopic (exact) mass is 560 g/mol. The molecule has 0 saturated heterocycles. The van der Waals surface area contributed by atoms with Gasteiger partial charge in [0.15, 0.2) is 0 Å². The van der Waals surface area contributed by atoms with Gasteiger partial charge in [-0.3, -0.25) is 10.1 Å². The SMILES string of the molecule is CCc1cc(C(F)(F)F)cc2c1n(C)/c(=N\c1ccc3c(c1)CCC3)n2Cc1ccc(C(=O)Nc2nnn[nH]2)cc1. The van der Waals surface area contributed by atoms with Crippen LogP contribution < -0.4 is 10.9 Å². The maximum Gasteiger partial charge on any atom is 0.416 e. The molecule has 0 fully saturated rings. The van der Waals surface area contributed by atoms with Crippen LogP contribution in [0.4, 0.5) is 24.8 Å². The number of hydrogen-bond acceptors (Lipinski definition) is 5. The number of imidazole rings is 1. The van der Waals surface area contributed by atoms with Crippen molar-refractivity contribution in [1.82, 2.24) is 29.8 Å². The Bertz CT molecular complexity index is 1820. The highest BCUT2D eigenvalue weighted by Gasteiger charge is 2.32. The molecule has 0 unspecified atom stereocenters. The zero-order valence-corrected chi connectivity index (χ0v) is 22.5. The molecular weight excluding hydrogens is 533 g/mol. The van der Waals surface area contributed by atoms with E-state index in [2.05, 4.69) is 38.1 Å². The summed E-state index contributed by atoms with van der Waals surface area (Å²) in [6.45, 7) is 2.10. The van der Waals surface area contributed by atoms with E-state index in [1.165, 1.54) is 23.3 Å². The Balaban J connectivity index is 1.46. The third kappa shape index (κ3) is 5.12. The van der Waals surface area contributed by atoms with Gasteiger partial charge in [-0.15, -0.1) is 0 Å². The second-order valence-corrected chi connectivity index (χ2v) is 10.1. The Morgan fingerprint density at radius 2 is 1.85 bits per heavy atom. The van der Waals surface area contributed by atoms with Gasteiger partial charge in [0.05, 0.1) is 28.8 Å². The number of tetrazole rings is 1. The van der Waals surface area contributed by atoms with Crippen LogP contribution in [0.15, 0.2) is 59.6 Å². The molecule has 0 atom stereocenters. The first-order valence-corrected chi connectivity index (χ1v) is 13.3.